The van der Waals surface area contributed by atoms with Gasteiger partial charge in [0.15, 0.2) is 0 Å². The van der Waals surface area contributed by atoms with Gasteiger partial charge < -0.3 is 19.1 Å². The zero-order valence-electron chi connectivity index (χ0n) is 19.6. The summed E-state index contributed by atoms with van der Waals surface area (Å²) in [6.45, 7) is 0.0945. The quantitative estimate of drug-likeness (QED) is 0.406. The molecule has 184 valence electrons. The van der Waals surface area contributed by atoms with Gasteiger partial charge in [0.05, 0.1) is 12.2 Å². The van der Waals surface area contributed by atoms with E-state index >= 15 is 0 Å². The van der Waals surface area contributed by atoms with Crippen LogP contribution in [-0.4, -0.2) is 40.7 Å². The van der Waals surface area contributed by atoms with E-state index in [1.807, 2.05) is 48.5 Å². The molecule has 0 aliphatic carbocycles. The Labute approximate surface area is 211 Å². The highest BCUT2D eigenvalue weighted by Crippen LogP contribution is 2.48. The van der Waals surface area contributed by atoms with Crippen molar-refractivity contribution in [2.24, 2.45) is 5.92 Å². The molecule has 2 aliphatic heterocycles. The maximum atomic E-state index is 13.6. The van der Waals surface area contributed by atoms with Crippen molar-refractivity contribution < 1.29 is 23.2 Å². The Bertz CT molecular complexity index is 1510. The zero-order chi connectivity index (χ0) is 25.4. The second-order valence-electron chi connectivity index (χ2n) is 8.98. The number of oxazole rings is 1. The maximum absolute atomic E-state index is 13.6. The Morgan fingerprint density at radius 2 is 1.86 bits per heavy atom. The van der Waals surface area contributed by atoms with Gasteiger partial charge in [0.1, 0.15) is 23.1 Å². The van der Waals surface area contributed by atoms with Gasteiger partial charge in [-0.15, -0.1) is 0 Å². The molecule has 0 bridgehead atoms. The number of para-hydroxylation sites is 1. The van der Waals surface area contributed by atoms with Crippen LogP contribution in [0.1, 0.15) is 11.3 Å². The van der Waals surface area contributed by atoms with Crippen LogP contribution in [0.2, 0.25) is 0 Å². The number of amides is 3. The van der Waals surface area contributed by atoms with E-state index in [2.05, 4.69) is 15.6 Å². The number of hydrogen-bond donors (Lipinski definition) is 2. The Morgan fingerprint density at radius 3 is 2.68 bits per heavy atom. The molecule has 1 spiro atoms. The lowest BCUT2D eigenvalue weighted by atomic mass is 9.73. The molecule has 2 atom stereocenters. The summed E-state index contributed by atoms with van der Waals surface area (Å²) in [5.74, 6) is -1.45. The highest BCUT2D eigenvalue weighted by Gasteiger charge is 2.60. The first-order valence-electron chi connectivity index (χ1n) is 11.8. The summed E-state index contributed by atoms with van der Waals surface area (Å²) in [4.78, 5) is 46.0. The molecule has 1 fully saturated rings. The Kier molecular flexibility index (Phi) is 5.45. The number of furan rings is 1. The molecule has 4 heterocycles. The van der Waals surface area contributed by atoms with Crippen molar-refractivity contribution in [1.82, 2.24) is 9.88 Å². The molecule has 6 rings (SSSR count). The minimum absolute atomic E-state index is 0.0215. The van der Waals surface area contributed by atoms with E-state index in [1.165, 1.54) is 23.5 Å². The van der Waals surface area contributed by atoms with E-state index in [0.717, 1.165) is 5.56 Å². The van der Waals surface area contributed by atoms with Crippen LogP contribution in [0, 0.1) is 5.92 Å². The first-order valence-corrected chi connectivity index (χ1v) is 11.8. The summed E-state index contributed by atoms with van der Waals surface area (Å²) in [6.07, 6.45) is 5.91. The van der Waals surface area contributed by atoms with Crippen molar-refractivity contribution in [2.75, 3.05) is 23.7 Å². The molecular weight excluding hydrogens is 472 g/mol. The summed E-state index contributed by atoms with van der Waals surface area (Å²) in [7, 11) is 0. The van der Waals surface area contributed by atoms with Crippen molar-refractivity contribution in [3.63, 3.8) is 0 Å². The van der Waals surface area contributed by atoms with E-state index in [9.17, 15) is 14.4 Å². The largest absolute Gasteiger partial charge is 0.465 e. The predicted octanol–water partition coefficient (Wildman–Crippen LogP) is 3.94. The third kappa shape index (κ3) is 3.90. The Hall–Kier alpha value is -4.92. The van der Waals surface area contributed by atoms with Crippen LogP contribution in [0.25, 0.3) is 17.3 Å². The van der Waals surface area contributed by atoms with Crippen molar-refractivity contribution >= 4 is 35.5 Å². The van der Waals surface area contributed by atoms with Crippen molar-refractivity contribution in [2.45, 2.75) is 5.41 Å². The highest BCUT2D eigenvalue weighted by molar-refractivity contribution is 6.11. The number of rotatable bonds is 5. The van der Waals surface area contributed by atoms with Gasteiger partial charge in [0.25, 0.3) is 0 Å². The second-order valence-corrected chi connectivity index (χ2v) is 8.98. The third-order valence-corrected chi connectivity index (χ3v) is 6.86. The molecule has 3 amide bonds. The monoisotopic (exact) mass is 494 g/mol. The van der Waals surface area contributed by atoms with Gasteiger partial charge in [-0.3, -0.25) is 19.7 Å². The van der Waals surface area contributed by atoms with Gasteiger partial charge >= 0.3 is 6.01 Å². The topological polar surface area (TPSA) is 118 Å². The fourth-order valence-electron chi connectivity index (χ4n) is 5.08. The molecule has 37 heavy (non-hydrogen) atoms. The van der Waals surface area contributed by atoms with Crippen LogP contribution in [0.4, 0.5) is 11.7 Å². The SMILES string of the molecule is O=C(Nc1nc(-c2ccccc2)co1)C1CN(C(=O)/C=C/c2ccco2)CC12C(=O)Nc1ccccc12. The molecule has 0 saturated carbocycles. The molecule has 0 radical (unpaired) electrons. The molecule has 9 heteroatoms. The number of benzene rings is 2. The molecule has 2 N–H and O–H groups in total. The lowest BCUT2D eigenvalue weighted by molar-refractivity contribution is -0.128. The summed E-state index contributed by atoms with van der Waals surface area (Å²) < 4.78 is 10.8. The highest BCUT2D eigenvalue weighted by atomic mass is 16.4. The smallest absolute Gasteiger partial charge is 0.301 e. The van der Waals surface area contributed by atoms with Crippen LogP contribution < -0.4 is 10.6 Å². The number of anilines is 2. The number of likely N-dealkylation sites (tertiary alicyclic amines) is 1. The number of aromatic nitrogens is 1. The van der Waals surface area contributed by atoms with Crippen LogP contribution in [0.15, 0.2) is 94.2 Å². The fraction of sp³-hybridized carbons (Fsp3) is 0.143. The average molecular weight is 495 g/mol. The van der Waals surface area contributed by atoms with Crippen molar-refractivity contribution in [3.05, 3.63) is 96.7 Å². The van der Waals surface area contributed by atoms with E-state index in [0.29, 0.717) is 22.7 Å². The molecule has 2 aliphatic rings. The normalized spacial score (nSPS) is 20.4. The lowest BCUT2D eigenvalue weighted by Gasteiger charge is -2.27. The summed E-state index contributed by atoms with van der Waals surface area (Å²) in [5, 5.41) is 5.61. The number of fused-ring (bicyclic) bond motifs is 2. The Balaban J connectivity index is 1.30. The van der Waals surface area contributed by atoms with Gasteiger partial charge in [0, 0.05) is 30.4 Å². The first-order chi connectivity index (χ1) is 18.0. The average Bonchev–Trinajstić information content (AvgIpc) is 3.71. The summed E-state index contributed by atoms with van der Waals surface area (Å²) in [5.41, 5.74) is 1.48. The predicted molar refractivity (Wildman–Crippen MR) is 135 cm³/mol. The van der Waals surface area contributed by atoms with Gasteiger partial charge in [-0.1, -0.05) is 48.5 Å². The third-order valence-electron chi connectivity index (χ3n) is 6.86. The Morgan fingerprint density at radius 1 is 1.05 bits per heavy atom. The number of hydrogen-bond acceptors (Lipinski definition) is 6. The number of nitrogens with zero attached hydrogens (tertiary/aromatic N) is 2. The van der Waals surface area contributed by atoms with Gasteiger partial charge in [-0.2, -0.15) is 4.98 Å². The molecule has 2 aromatic heterocycles. The lowest BCUT2D eigenvalue weighted by Crippen LogP contribution is -2.46. The minimum atomic E-state index is -1.25. The number of carbonyl (C=O) groups is 3. The van der Waals surface area contributed by atoms with Gasteiger partial charge in [-0.25, -0.2) is 0 Å². The molecular formula is C28H22N4O5. The molecule has 2 aromatic carbocycles. The molecule has 1 saturated heterocycles. The van der Waals surface area contributed by atoms with E-state index in [4.69, 9.17) is 8.83 Å². The van der Waals surface area contributed by atoms with Gasteiger partial charge in [0.2, 0.25) is 17.7 Å². The van der Waals surface area contributed by atoms with Crippen LogP contribution >= 0.6 is 0 Å². The maximum Gasteiger partial charge on any atom is 0.301 e. The van der Waals surface area contributed by atoms with Crippen LogP contribution in [-0.2, 0) is 19.8 Å². The standard InChI is InChI=1S/C28H22N4O5/c33-24(13-12-19-9-6-14-36-19)32-15-21(28(17-32)20-10-4-5-11-22(20)29-26(28)35)25(34)31-27-30-23(16-37-27)18-7-2-1-3-8-18/h1-14,16,21H,15,17H2,(H,29,35)(H,30,31,34)/b13-12+. The molecule has 4 aromatic rings. The van der Waals surface area contributed by atoms with E-state index in [1.54, 1.807) is 24.3 Å². The summed E-state index contributed by atoms with van der Waals surface area (Å²) >= 11 is 0. The van der Waals surface area contributed by atoms with Gasteiger partial charge in [-0.05, 0) is 29.8 Å². The number of carbonyl (C=O) groups excluding carboxylic acids is 3. The van der Waals surface area contributed by atoms with E-state index in [-0.39, 0.29) is 30.9 Å². The molecule has 9 nitrogen and oxygen atoms in total. The van der Waals surface area contributed by atoms with E-state index < -0.39 is 17.2 Å². The fourth-order valence-corrected chi connectivity index (χ4v) is 5.08. The zero-order valence-corrected chi connectivity index (χ0v) is 19.6. The minimum Gasteiger partial charge on any atom is -0.465 e. The number of nitrogens with one attached hydrogen (secondary N) is 2. The summed E-state index contributed by atoms with van der Waals surface area (Å²) in [6, 6.07) is 20.1. The van der Waals surface area contributed by atoms with Crippen LogP contribution in [0.5, 0.6) is 0 Å². The van der Waals surface area contributed by atoms with Crippen LogP contribution in [0.3, 0.4) is 0 Å². The first kappa shape index (κ1) is 22.5. The van der Waals surface area contributed by atoms with Crippen molar-refractivity contribution in [1.29, 1.82) is 0 Å². The molecule has 2 unspecified atom stereocenters. The van der Waals surface area contributed by atoms with Crippen molar-refractivity contribution in [3.8, 4) is 11.3 Å². The second kappa shape index (κ2) is 8.94.